The Balaban J connectivity index is 1.77. The number of nitrogens with zero attached hydrogens (tertiary/aromatic N) is 4. The van der Waals surface area contributed by atoms with Crippen LogP contribution in [0.1, 0.15) is 46.7 Å². The number of amides is 3. The highest BCUT2D eigenvalue weighted by Gasteiger charge is 2.45. The topological polar surface area (TPSA) is 318 Å². The zero-order chi connectivity index (χ0) is 34.5. The second kappa shape index (κ2) is 13.7. The first-order valence-electron chi connectivity index (χ1n) is 12.5. The van der Waals surface area contributed by atoms with Crippen molar-refractivity contribution in [2.45, 2.75) is 38.0 Å². The Bertz CT molecular complexity index is 1640. The standard InChI is InChI=1S/C25H24N6O14S/c1-25(2,23(42)43)45-30-17(13-8-46-24(26)28-13)18(35)27-9(6-32)7-44-29-12(21(38)39)5-14(22(40)41)31-19(36)10-3-15(33)16(34)4-11(10)20(31)37/h3-4,6,8-9,14,33-34H,5,7H2,1-2H3,(H2,26,28)(H,27,35)(H,38,39)(H,40,41)(H,42,43)/b29-12+,30-17-. The van der Waals surface area contributed by atoms with E-state index < -0.39 is 100 Å². The van der Waals surface area contributed by atoms with Crippen molar-refractivity contribution >= 4 is 69.8 Å². The van der Waals surface area contributed by atoms with Crippen LogP contribution in [-0.4, -0.2) is 113 Å². The van der Waals surface area contributed by atoms with Crippen LogP contribution in [0.25, 0.3) is 0 Å². The first-order chi connectivity index (χ1) is 21.5. The lowest BCUT2D eigenvalue weighted by Crippen LogP contribution is -2.46. The minimum Gasteiger partial charge on any atom is -0.504 e. The number of nitrogens with one attached hydrogen (secondary N) is 1. The van der Waals surface area contributed by atoms with Crippen molar-refractivity contribution in [1.29, 1.82) is 0 Å². The van der Waals surface area contributed by atoms with Crippen molar-refractivity contribution in [3.63, 3.8) is 0 Å². The fourth-order valence-electron chi connectivity index (χ4n) is 3.55. The number of thiazole rings is 1. The number of hydrogen-bond acceptors (Lipinski definition) is 16. The van der Waals surface area contributed by atoms with Crippen molar-refractivity contribution in [2.24, 2.45) is 10.3 Å². The number of nitrogen functional groups attached to an aromatic ring is 1. The number of phenolic OH excluding ortho intramolecular Hbond substituents is 2. The van der Waals surface area contributed by atoms with Crippen LogP contribution >= 0.6 is 11.3 Å². The number of hydrogen-bond donors (Lipinski definition) is 7. The molecule has 1 aromatic heterocycles. The number of anilines is 1. The van der Waals surface area contributed by atoms with E-state index in [1.54, 1.807) is 0 Å². The number of aliphatic carboxylic acids is 3. The molecule has 0 radical (unpaired) electrons. The highest BCUT2D eigenvalue weighted by molar-refractivity contribution is 7.13. The summed E-state index contributed by atoms with van der Waals surface area (Å²) in [5, 5.41) is 58.2. The summed E-state index contributed by atoms with van der Waals surface area (Å²) in [5.41, 5.74) is 1.07. The number of imide groups is 1. The largest absolute Gasteiger partial charge is 0.504 e. The zero-order valence-electron chi connectivity index (χ0n) is 23.6. The van der Waals surface area contributed by atoms with Crippen LogP contribution in [0.3, 0.4) is 0 Å². The van der Waals surface area contributed by atoms with E-state index in [9.17, 15) is 59.1 Å². The van der Waals surface area contributed by atoms with E-state index in [0.29, 0.717) is 0 Å². The number of phenols is 2. The molecule has 1 aromatic carbocycles. The monoisotopic (exact) mass is 664 g/mol. The normalized spacial score (nSPS) is 14.7. The molecular formula is C25H24N6O14S. The van der Waals surface area contributed by atoms with Gasteiger partial charge in [-0.25, -0.2) is 19.4 Å². The van der Waals surface area contributed by atoms with E-state index in [1.807, 2.05) is 0 Å². The fourth-order valence-corrected chi connectivity index (χ4v) is 4.10. The SMILES string of the molecule is CC(C)(O/N=C(\C(=O)NC(C=O)CO/N=C(\CC(C(=O)O)N1C(=O)c2cc(O)c(O)cc2C1=O)C(=O)O)c1csc(N)n1)C(=O)O. The van der Waals surface area contributed by atoms with Crippen LogP contribution in [0.2, 0.25) is 0 Å². The van der Waals surface area contributed by atoms with E-state index in [-0.39, 0.29) is 22.0 Å². The predicted molar refractivity (Wildman–Crippen MR) is 151 cm³/mol. The summed E-state index contributed by atoms with van der Waals surface area (Å²) in [6.45, 7) is 1.45. The van der Waals surface area contributed by atoms with Gasteiger partial charge in [0.1, 0.15) is 30.7 Å². The maximum absolute atomic E-state index is 12.9. The third-order valence-electron chi connectivity index (χ3n) is 6.01. The number of fused-ring (bicyclic) bond motifs is 1. The van der Waals surface area contributed by atoms with Gasteiger partial charge in [-0.1, -0.05) is 10.3 Å². The second-order valence-corrected chi connectivity index (χ2v) is 10.6. The van der Waals surface area contributed by atoms with Gasteiger partial charge < -0.3 is 51.1 Å². The lowest BCUT2D eigenvalue weighted by atomic mass is 10.1. The minimum absolute atomic E-state index is 0.0102. The Labute approximate surface area is 260 Å². The van der Waals surface area contributed by atoms with Crippen molar-refractivity contribution in [3.05, 3.63) is 34.3 Å². The molecule has 0 spiro atoms. The Morgan fingerprint density at radius 3 is 2.13 bits per heavy atom. The molecule has 2 atom stereocenters. The number of rotatable bonds is 15. The van der Waals surface area contributed by atoms with Gasteiger partial charge in [0.25, 0.3) is 17.7 Å². The van der Waals surface area contributed by atoms with Gasteiger partial charge in [0.15, 0.2) is 28.1 Å². The third-order valence-corrected chi connectivity index (χ3v) is 6.69. The third kappa shape index (κ3) is 7.50. The molecule has 8 N–H and O–H groups in total. The van der Waals surface area contributed by atoms with Gasteiger partial charge in [0.2, 0.25) is 5.60 Å². The van der Waals surface area contributed by atoms with E-state index in [0.717, 1.165) is 37.3 Å². The van der Waals surface area contributed by atoms with Gasteiger partial charge in [-0.2, -0.15) is 0 Å². The van der Waals surface area contributed by atoms with Crippen LogP contribution in [-0.2, 0) is 33.6 Å². The summed E-state index contributed by atoms with van der Waals surface area (Å²) < 4.78 is 0. The number of aromatic nitrogens is 1. The van der Waals surface area contributed by atoms with Gasteiger partial charge in [0, 0.05) is 11.8 Å². The van der Waals surface area contributed by atoms with Crippen molar-refractivity contribution in [3.8, 4) is 11.5 Å². The first-order valence-corrected chi connectivity index (χ1v) is 13.4. The molecule has 2 unspecified atom stereocenters. The maximum Gasteiger partial charge on any atom is 0.353 e. The molecule has 1 aliphatic rings. The average Bonchev–Trinajstić information content (AvgIpc) is 3.50. The molecule has 46 heavy (non-hydrogen) atoms. The number of carboxylic acid groups (broad SMARTS) is 3. The highest BCUT2D eigenvalue weighted by Crippen LogP contribution is 2.34. The van der Waals surface area contributed by atoms with E-state index in [1.165, 1.54) is 5.38 Å². The van der Waals surface area contributed by atoms with Gasteiger partial charge in [-0.3, -0.25) is 19.3 Å². The summed E-state index contributed by atoms with van der Waals surface area (Å²) in [6.07, 6.45) is -0.933. The lowest BCUT2D eigenvalue weighted by Gasteiger charge is -2.22. The molecule has 3 amide bonds. The van der Waals surface area contributed by atoms with Crippen LogP contribution in [0.4, 0.5) is 5.13 Å². The van der Waals surface area contributed by atoms with E-state index in [4.69, 9.17) is 15.4 Å². The molecule has 0 aliphatic carbocycles. The molecule has 0 bridgehead atoms. The van der Waals surface area contributed by atoms with Gasteiger partial charge in [-0.15, -0.1) is 11.3 Å². The molecule has 20 nitrogen and oxygen atoms in total. The molecule has 244 valence electrons. The molecule has 2 heterocycles. The molecule has 3 rings (SSSR count). The molecule has 0 saturated heterocycles. The second-order valence-electron chi connectivity index (χ2n) is 9.70. The fraction of sp³-hybridized carbons (Fsp3) is 0.280. The summed E-state index contributed by atoms with van der Waals surface area (Å²) in [6, 6.07) is -2.21. The number of nitrogens with two attached hydrogens (primary N) is 1. The van der Waals surface area contributed by atoms with Crippen molar-refractivity contribution < 1.29 is 68.8 Å². The Morgan fingerprint density at radius 2 is 1.67 bits per heavy atom. The van der Waals surface area contributed by atoms with Crippen LogP contribution in [0, 0.1) is 0 Å². The summed E-state index contributed by atoms with van der Waals surface area (Å²) in [4.78, 5) is 99.3. The number of aldehydes is 1. The number of carboxylic acids is 3. The van der Waals surface area contributed by atoms with Gasteiger partial charge in [-0.05, 0) is 26.0 Å². The number of carbonyl (C=O) groups is 7. The summed E-state index contributed by atoms with van der Waals surface area (Å²) in [5.74, 6) is -10.1. The summed E-state index contributed by atoms with van der Waals surface area (Å²) in [7, 11) is 0. The molecule has 1 aliphatic heterocycles. The Kier molecular flexibility index (Phi) is 10.2. The smallest absolute Gasteiger partial charge is 0.353 e. The molecule has 2 aromatic rings. The Hall–Kier alpha value is -6.12. The lowest BCUT2D eigenvalue weighted by molar-refractivity contribution is -0.161. The van der Waals surface area contributed by atoms with Crippen LogP contribution in [0.15, 0.2) is 27.8 Å². The Morgan fingerprint density at radius 1 is 1.09 bits per heavy atom. The highest BCUT2D eigenvalue weighted by atomic mass is 32.1. The minimum atomic E-state index is -2.14. The molecule has 21 heteroatoms. The molecule has 0 saturated carbocycles. The van der Waals surface area contributed by atoms with Crippen LogP contribution in [0.5, 0.6) is 11.5 Å². The summed E-state index contributed by atoms with van der Waals surface area (Å²) >= 11 is 0.905. The number of carbonyl (C=O) groups excluding carboxylic acids is 4. The maximum atomic E-state index is 12.9. The predicted octanol–water partition coefficient (Wildman–Crippen LogP) is -0.999. The number of oxime groups is 2. The van der Waals surface area contributed by atoms with Crippen molar-refractivity contribution in [1.82, 2.24) is 15.2 Å². The zero-order valence-corrected chi connectivity index (χ0v) is 24.4. The molecule has 0 fully saturated rings. The van der Waals surface area contributed by atoms with E-state index in [2.05, 4.69) is 20.6 Å². The molecular weight excluding hydrogens is 640 g/mol. The number of aromatic hydroxyl groups is 2. The van der Waals surface area contributed by atoms with Crippen molar-refractivity contribution in [2.75, 3.05) is 12.3 Å². The average molecular weight is 665 g/mol. The quantitative estimate of drug-likeness (QED) is 0.0395. The van der Waals surface area contributed by atoms with Gasteiger partial charge >= 0.3 is 17.9 Å². The first kappa shape index (κ1) is 34.4. The van der Waals surface area contributed by atoms with E-state index >= 15 is 0 Å². The van der Waals surface area contributed by atoms with Crippen LogP contribution < -0.4 is 11.1 Å². The number of benzene rings is 1. The van der Waals surface area contributed by atoms with Gasteiger partial charge in [0.05, 0.1) is 11.1 Å².